The number of ether oxygens (including phenoxy) is 2. The number of aliphatic carboxylic acids is 1. The van der Waals surface area contributed by atoms with Gasteiger partial charge in [0, 0.05) is 5.54 Å². The fourth-order valence-corrected chi connectivity index (χ4v) is 1.99. The topological polar surface area (TPSA) is 122 Å². The zero-order chi connectivity index (χ0) is 20.7. The Kier molecular flexibility index (Phi) is 8.56. The van der Waals surface area contributed by atoms with Crippen LogP contribution in [-0.4, -0.2) is 64.3 Å². The zero-order valence-electron chi connectivity index (χ0n) is 16.5. The van der Waals surface area contributed by atoms with E-state index in [1.165, 1.54) is 4.90 Å². The minimum absolute atomic E-state index is 0.152. The van der Waals surface area contributed by atoms with Gasteiger partial charge in [-0.25, -0.2) is 4.79 Å². The number of esters is 1. The maximum absolute atomic E-state index is 12.9. The molecule has 0 fully saturated rings. The van der Waals surface area contributed by atoms with Crippen molar-refractivity contribution in [2.75, 3.05) is 13.2 Å². The number of nitrogens with zero attached hydrogens (tertiary/aromatic N) is 1. The summed E-state index contributed by atoms with van der Waals surface area (Å²) in [6.07, 6.45) is -1.56. The van der Waals surface area contributed by atoms with Gasteiger partial charge in [-0.15, -0.1) is 0 Å². The molecule has 0 rings (SSSR count). The van der Waals surface area contributed by atoms with Gasteiger partial charge in [0.1, 0.15) is 18.2 Å². The van der Waals surface area contributed by atoms with E-state index in [0.717, 1.165) is 0 Å². The SMILES string of the molecule is CCOC(=O)CN(C(=O)[C@H](CC(=O)O)NC(=O)OC(C)(C)C)C(C)(C)C. The van der Waals surface area contributed by atoms with Crippen LogP contribution in [0.25, 0.3) is 0 Å². The minimum Gasteiger partial charge on any atom is -0.481 e. The number of nitrogens with one attached hydrogen (secondary N) is 1. The molecule has 2 N–H and O–H groups in total. The predicted octanol–water partition coefficient (Wildman–Crippen LogP) is 1.54. The van der Waals surface area contributed by atoms with Crippen LogP contribution in [0.2, 0.25) is 0 Å². The Hall–Kier alpha value is -2.32. The van der Waals surface area contributed by atoms with Gasteiger partial charge in [0.15, 0.2) is 0 Å². The molecule has 0 aliphatic rings. The fourth-order valence-electron chi connectivity index (χ4n) is 1.99. The van der Waals surface area contributed by atoms with E-state index < -0.39 is 47.5 Å². The van der Waals surface area contributed by atoms with Gasteiger partial charge in [0.05, 0.1) is 13.0 Å². The molecule has 0 saturated carbocycles. The number of carboxylic acids is 1. The van der Waals surface area contributed by atoms with Gasteiger partial charge < -0.3 is 24.8 Å². The van der Waals surface area contributed by atoms with Crippen LogP contribution in [0, 0.1) is 0 Å². The van der Waals surface area contributed by atoms with E-state index >= 15 is 0 Å². The van der Waals surface area contributed by atoms with Crippen LogP contribution < -0.4 is 5.32 Å². The predicted molar refractivity (Wildman–Crippen MR) is 93.5 cm³/mol. The summed E-state index contributed by atoms with van der Waals surface area (Å²) in [6.45, 7) is 11.4. The molecule has 0 spiro atoms. The molecular weight excluding hydrogens is 344 g/mol. The van der Waals surface area contributed by atoms with Gasteiger partial charge in [-0.3, -0.25) is 14.4 Å². The van der Waals surface area contributed by atoms with Crippen molar-refractivity contribution in [3.05, 3.63) is 0 Å². The summed E-state index contributed by atoms with van der Waals surface area (Å²) in [5.41, 5.74) is -1.61. The third-order valence-corrected chi connectivity index (χ3v) is 3.04. The second kappa shape index (κ2) is 9.40. The molecule has 9 heteroatoms. The Morgan fingerprint density at radius 1 is 1.08 bits per heavy atom. The van der Waals surface area contributed by atoms with Crippen molar-refractivity contribution in [1.82, 2.24) is 10.2 Å². The highest BCUT2D eigenvalue weighted by Gasteiger charge is 2.36. The Bertz CT molecular complexity index is 532. The van der Waals surface area contributed by atoms with Gasteiger partial charge >= 0.3 is 18.0 Å². The first-order valence-corrected chi connectivity index (χ1v) is 8.35. The molecule has 2 amide bonds. The molecular formula is C17H30N2O7. The average molecular weight is 374 g/mol. The summed E-state index contributed by atoms with van der Waals surface area (Å²) in [5, 5.41) is 11.4. The van der Waals surface area contributed by atoms with Gasteiger partial charge in [-0.2, -0.15) is 0 Å². The van der Waals surface area contributed by atoms with Crippen molar-refractivity contribution in [1.29, 1.82) is 0 Å². The zero-order valence-corrected chi connectivity index (χ0v) is 16.5. The van der Waals surface area contributed by atoms with Crippen LogP contribution in [0.5, 0.6) is 0 Å². The molecule has 26 heavy (non-hydrogen) atoms. The largest absolute Gasteiger partial charge is 0.481 e. The summed E-state index contributed by atoms with van der Waals surface area (Å²) in [6, 6.07) is -1.38. The highest BCUT2D eigenvalue weighted by atomic mass is 16.6. The number of hydrogen-bond donors (Lipinski definition) is 2. The molecule has 0 aliphatic carbocycles. The summed E-state index contributed by atoms with van der Waals surface area (Å²) in [7, 11) is 0. The van der Waals surface area contributed by atoms with Crippen molar-refractivity contribution >= 4 is 23.9 Å². The van der Waals surface area contributed by atoms with Crippen LogP contribution in [0.1, 0.15) is 54.9 Å². The number of rotatable bonds is 7. The normalized spacial score (nSPS) is 12.7. The lowest BCUT2D eigenvalue weighted by Gasteiger charge is -2.37. The number of amides is 2. The number of hydrogen-bond acceptors (Lipinski definition) is 6. The lowest BCUT2D eigenvalue weighted by molar-refractivity contribution is -0.154. The average Bonchev–Trinajstić information content (AvgIpc) is 2.39. The van der Waals surface area contributed by atoms with Crippen molar-refractivity contribution in [2.45, 2.75) is 72.1 Å². The fraction of sp³-hybridized carbons (Fsp3) is 0.765. The Morgan fingerprint density at radius 2 is 1.62 bits per heavy atom. The van der Waals surface area contributed by atoms with Crippen LogP contribution in [0.4, 0.5) is 4.79 Å². The van der Waals surface area contributed by atoms with Crippen LogP contribution in [0.15, 0.2) is 0 Å². The van der Waals surface area contributed by atoms with E-state index in [1.54, 1.807) is 48.5 Å². The first-order valence-electron chi connectivity index (χ1n) is 8.35. The van der Waals surface area contributed by atoms with Crippen molar-refractivity contribution in [3.63, 3.8) is 0 Å². The third-order valence-electron chi connectivity index (χ3n) is 3.04. The smallest absolute Gasteiger partial charge is 0.408 e. The van der Waals surface area contributed by atoms with Gasteiger partial charge in [0.2, 0.25) is 5.91 Å². The Labute approximate surface area is 154 Å². The van der Waals surface area contributed by atoms with E-state index in [1.807, 2.05) is 0 Å². The molecule has 0 heterocycles. The molecule has 9 nitrogen and oxygen atoms in total. The molecule has 0 radical (unpaired) electrons. The first kappa shape index (κ1) is 23.7. The molecule has 0 saturated heterocycles. The number of carbonyl (C=O) groups excluding carboxylic acids is 3. The second-order valence-corrected chi connectivity index (χ2v) is 7.70. The number of carbonyl (C=O) groups is 4. The van der Waals surface area contributed by atoms with E-state index in [9.17, 15) is 19.2 Å². The van der Waals surface area contributed by atoms with Crippen molar-refractivity contribution in [2.24, 2.45) is 0 Å². The van der Waals surface area contributed by atoms with Crippen molar-refractivity contribution in [3.8, 4) is 0 Å². The summed E-state index contributed by atoms with van der Waals surface area (Å²) >= 11 is 0. The second-order valence-electron chi connectivity index (χ2n) is 7.70. The molecule has 0 aromatic rings. The quantitative estimate of drug-likeness (QED) is 0.648. The molecule has 1 atom stereocenters. The van der Waals surface area contributed by atoms with Gasteiger partial charge in [-0.1, -0.05) is 0 Å². The minimum atomic E-state index is -1.38. The highest BCUT2D eigenvalue weighted by Crippen LogP contribution is 2.16. The Balaban J connectivity index is 5.46. The standard InChI is InChI=1S/C17H30N2O7/c1-8-25-13(22)10-19(16(2,3)4)14(23)11(9-12(20)21)18-15(24)26-17(5,6)7/h11H,8-10H2,1-7H3,(H,18,24)(H,20,21)/t11-/m0/s1. The molecule has 150 valence electrons. The lowest BCUT2D eigenvalue weighted by atomic mass is 10.0. The monoisotopic (exact) mass is 374 g/mol. The first-order chi connectivity index (χ1) is 11.7. The third kappa shape index (κ3) is 9.24. The maximum atomic E-state index is 12.9. The van der Waals surface area contributed by atoms with Crippen LogP contribution >= 0.6 is 0 Å². The lowest BCUT2D eigenvalue weighted by Crippen LogP contribution is -2.57. The summed E-state index contributed by atoms with van der Waals surface area (Å²) in [5.74, 6) is -2.61. The van der Waals surface area contributed by atoms with Gasteiger partial charge in [-0.05, 0) is 48.5 Å². The van der Waals surface area contributed by atoms with E-state index in [4.69, 9.17) is 14.6 Å². The Morgan fingerprint density at radius 3 is 2.00 bits per heavy atom. The molecule has 0 unspecified atom stereocenters. The van der Waals surface area contributed by atoms with E-state index in [2.05, 4.69) is 5.32 Å². The summed E-state index contributed by atoms with van der Waals surface area (Å²) < 4.78 is 9.94. The van der Waals surface area contributed by atoms with E-state index in [0.29, 0.717) is 0 Å². The summed E-state index contributed by atoms with van der Waals surface area (Å²) in [4.78, 5) is 48.9. The maximum Gasteiger partial charge on any atom is 0.408 e. The van der Waals surface area contributed by atoms with Crippen LogP contribution in [-0.2, 0) is 23.9 Å². The van der Waals surface area contributed by atoms with Crippen molar-refractivity contribution < 1.29 is 33.8 Å². The number of alkyl carbamates (subject to hydrolysis) is 1. The molecule has 0 aliphatic heterocycles. The molecule has 0 aromatic heterocycles. The van der Waals surface area contributed by atoms with E-state index in [-0.39, 0.29) is 13.2 Å². The molecule has 0 bridgehead atoms. The highest BCUT2D eigenvalue weighted by molar-refractivity contribution is 5.91. The van der Waals surface area contributed by atoms with Crippen LogP contribution in [0.3, 0.4) is 0 Å². The number of carboxylic acid groups (broad SMARTS) is 1. The molecule has 0 aromatic carbocycles. The van der Waals surface area contributed by atoms with Gasteiger partial charge in [0.25, 0.3) is 0 Å².